The standard InChI is InChI=1S/C23H39N7O12/c24-6-2-1-3-13(20(39)26-7-8-31)27-23(42)16(11-33)30-21(40)14(4-5-17(34)35)28-22(41)15(9-18(36)37)29-19(38)12(25)10-32/h8,12-16,32-33H,1-7,9-11,24-25H2,(H,26,39)(H,27,42)(H,28,41)(H,29,38)(H,30,40)(H,34,35)(H,36,37)/t12-,13-,14-,15-,16-/m0/s1. The van der Waals surface area contributed by atoms with Crippen LogP contribution < -0.4 is 38.1 Å². The number of aliphatic hydroxyl groups is 2. The highest BCUT2D eigenvalue weighted by molar-refractivity contribution is 5.97. The lowest BCUT2D eigenvalue weighted by atomic mass is 10.1. The Balaban J connectivity index is 5.76. The summed E-state index contributed by atoms with van der Waals surface area (Å²) in [6.07, 6.45) is -0.741. The maximum absolute atomic E-state index is 13.0. The number of rotatable bonds is 22. The fraction of sp³-hybridized carbons (Fsp3) is 0.652. The molecule has 0 aromatic carbocycles. The summed E-state index contributed by atoms with van der Waals surface area (Å²) in [6.45, 7) is -1.84. The minimum absolute atomic E-state index is 0.105. The zero-order valence-electron chi connectivity index (χ0n) is 22.7. The second-order valence-electron chi connectivity index (χ2n) is 8.94. The van der Waals surface area contributed by atoms with E-state index >= 15 is 0 Å². The monoisotopic (exact) mass is 605 g/mol. The number of amides is 5. The van der Waals surface area contributed by atoms with Gasteiger partial charge in [0.15, 0.2) is 0 Å². The van der Waals surface area contributed by atoms with E-state index in [0.29, 0.717) is 25.7 Å². The molecule has 0 rings (SSSR count). The number of carbonyl (C=O) groups is 8. The van der Waals surface area contributed by atoms with Crippen LogP contribution in [-0.2, 0) is 38.4 Å². The molecule has 13 N–H and O–H groups in total. The highest BCUT2D eigenvalue weighted by Crippen LogP contribution is 2.05. The van der Waals surface area contributed by atoms with Crippen molar-refractivity contribution < 1.29 is 58.8 Å². The number of aldehydes is 1. The van der Waals surface area contributed by atoms with Crippen LogP contribution in [0.1, 0.15) is 38.5 Å². The quantitative estimate of drug-likeness (QED) is 0.0404. The van der Waals surface area contributed by atoms with Gasteiger partial charge in [-0.25, -0.2) is 0 Å². The first-order valence-corrected chi connectivity index (χ1v) is 12.8. The van der Waals surface area contributed by atoms with Gasteiger partial charge in [-0.1, -0.05) is 0 Å². The number of aliphatic hydroxyl groups excluding tert-OH is 2. The van der Waals surface area contributed by atoms with Crippen LogP contribution in [0.5, 0.6) is 0 Å². The van der Waals surface area contributed by atoms with Crippen LogP contribution in [0.25, 0.3) is 0 Å². The Bertz CT molecular complexity index is 964. The maximum Gasteiger partial charge on any atom is 0.305 e. The predicted octanol–water partition coefficient (Wildman–Crippen LogP) is -5.98. The number of nitrogens with two attached hydrogens (primary N) is 2. The highest BCUT2D eigenvalue weighted by Gasteiger charge is 2.32. The van der Waals surface area contributed by atoms with Crippen molar-refractivity contribution in [2.24, 2.45) is 11.5 Å². The second-order valence-corrected chi connectivity index (χ2v) is 8.94. The average Bonchev–Trinajstić information content (AvgIpc) is 2.94. The van der Waals surface area contributed by atoms with Crippen LogP contribution in [0.3, 0.4) is 0 Å². The van der Waals surface area contributed by atoms with Gasteiger partial charge in [0.1, 0.15) is 36.5 Å². The SMILES string of the molecule is NCCCC[C@H](NC(=O)[C@H](CO)NC(=O)[C@H](CCC(=O)O)NC(=O)[C@H](CC(=O)O)NC(=O)[C@@H](N)CO)C(=O)NCC=O. The van der Waals surface area contributed by atoms with Crippen molar-refractivity contribution in [2.45, 2.75) is 68.7 Å². The van der Waals surface area contributed by atoms with Crippen molar-refractivity contribution in [1.82, 2.24) is 26.6 Å². The first kappa shape index (κ1) is 37.8. The molecule has 19 nitrogen and oxygen atoms in total. The van der Waals surface area contributed by atoms with Crippen molar-refractivity contribution >= 4 is 47.8 Å². The van der Waals surface area contributed by atoms with Gasteiger partial charge in [-0.3, -0.25) is 33.6 Å². The molecule has 0 aliphatic rings. The van der Waals surface area contributed by atoms with Gasteiger partial charge in [0.25, 0.3) is 0 Å². The van der Waals surface area contributed by atoms with Gasteiger partial charge in [0, 0.05) is 6.42 Å². The lowest BCUT2D eigenvalue weighted by Crippen LogP contribution is -2.60. The van der Waals surface area contributed by atoms with Crippen LogP contribution >= 0.6 is 0 Å². The average molecular weight is 606 g/mol. The minimum Gasteiger partial charge on any atom is -0.481 e. The Morgan fingerprint density at radius 1 is 0.667 bits per heavy atom. The molecular weight excluding hydrogens is 566 g/mol. The van der Waals surface area contributed by atoms with Crippen molar-refractivity contribution in [3.63, 3.8) is 0 Å². The zero-order chi connectivity index (χ0) is 32.2. The summed E-state index contributed by atoms with van der Waals surface area (Å²) in [5.41, 5.74) is 10.8. The maximum atomic E-state index is 13.0. The first-order valence-electron chi connectivity index (χ1n) is 12.8. The zero-order valence-corrected chi connectivity index (χ0v) is 22.7. The lowest BCUT2D eigenvalue weighted by molar-refractivity contribution is -0.141. The molecule has 5 amide bonds. The molecule has 0 aliphatic carbocycles. The van der Waals surface area contributed by atoms with E-state index < -0.39 is 104 Å². The summed E-state index contributed by atoms with van der Waals surface area (Å²) in [7, 11) is 0. The Labute approximate surface area is 240 Å². The van der Waals surface area contributed by atoms with Gasteiger partial charge in [0.05, 0.1) is 26.2 Å². The van der Waals surface area contributed by atoms with Crippen molar-refractivity contribution in [2.75, 3.05) is 26.3 Å². The smallest absolute Gasteiger partial charge is 0.305 e. The Morgan fingerprint density at radius 3 is 1.69 bits per heavy atom. The Morgan fingerprint density at radius 2 is 1.19 bits per heavy atom. The van der Waals surface area contributed by atoms with Crippen LogP contribution in [-0.4, -0.2) is 125 Å². The predicted molar refractivity (Wildman–Crippen MR) is 141 cm³/mol. The van der Waals surface area contributed by atoms with Gasteiger partial charge in [0.2, 0.25) is 29.5 Å². The molecule has 19 heteroatoms. The van der Waals surface area contributed by atoms with E-state index in [1.165, 1.54) is 0 Å². The summed E-state index contributed by atoms with van der Waals surface area (Å²) >= 11 is 0. The van der Waals surface area contributed by atoms with E-state index in [0.717, 1.165) is 0 Å². The number of aliphatic carboxylic acids is 2. The van der Waals surface area contributed by atoms with Gasteiger partial charge in [-0.2, -0.15) is 0 Å². The molecule has 0 heterocycles. The fourth-order valence-corrected chi connectivity index (χ4v) is 3.32. The number of carbonyl (C=O) groups excluding carboxylic acids is 6. The Kier molecular flexibility index (Phi) is 18.6. The van der Waals surface area contributed by atoms with Gasteiger partial charge in [-0.15, -0.1) is 0 Å². The summed E-state index contributed by atoms with van der Waals surface area (Å²) in [5, 5.41) is 47.7. The van der Waals surface area contributed by atoms with Crippen LogP contribution in [0.2, 0.25) is 0 Å². The number of hydrogen-bond donors (Lipinski definition) is 11. The lowest BCUT2D eigenvalue weighted by Gasteiger charge is -2.25. The third kappa shape index (κ3) is 15.0. The summed E-state index contributed by atoms with van der Waals surface area (Å²) < 4.78 is 0. The van der Waals surface area contributed by atoms with Gasteiger partial charge >= 0.3 is 11.9 Å². The van der Waals surface area contributed by atoms with E-state index in [1.54, 1.807) is 0 Å². The summed E-state index contributed by atoms with van der Waals surface area (Å²) in [4.78, 5) is 95.8. The first-order chi connectivity index (χ1) is 19.8. The molecule has 0 fully saturated rings. The number of hydrogen-bond acceptors (Lipinski definition) is 12. The molecular formula is C23H39N7O12. The molecule has 0 aromatic rings. The molecule has 0 unspecified atom stereocenters. The second kappa shape index (κ2) is 20.6. The minimum atomic E-state index is -1.79. The van der Waals surface area contributed by atoms with E-state index in [9.17, 15) is 43.5 Å². The molecule has 0 aliphatic heterocycles. The topological polar surface area (TPSA) is 330 Å². The highest BCUT2D eigenvalue weighted by atomic mass is 16.4. The van der Waals surface area contributed by atoms with Crippen LogP contribution in [0, 0.1) is 0 Å². The van der Waals surface area contributed by atoms with E-state index in [1.807, 2.05) is 5.32 Å². The largest absolute Gasteiger partial charge is 0.481 e. The van der Waals surface area contributed by atoms with E-state index in [2.05, 4.69) is 21.3 Å². The Hall–Kier alpha value is -4.20. The number of carboxylic acids is 2. The van der Waals surface area contributed by atoms with Crippen LogP contribution in [0.15, 0.2) is 0 Å². The van der Waals surface area contributed by atoms with Crippen molar-refractivity contribution in [1.29, 1.82) is 0 Å². The molecule has 42 heavy (non-hydrogen) atoms. The molecule has 0 bridgehead atoms. The van der Waals surface area contributed by atoms with Gasteiger partial charge < -0.3 is 63.3 Å². The molecule has 0 aromatic heterocycles. The molecule has 0 saturated heterocycles. The van der Waals surface area contributed by atoms with Crippen LogP contribution in [0.4, 0.5) is 0 Å². The summed E-state index contributed by atoms with van der Waals surface area (Å²) in [6, 6.07) is -7.82. The number of nitrogens with one attached hydrogen (secondary N) is 5. The molecule has 0 radical (unpaired) electrons. The summed E-state index contributed by atoms with van der Waals surface area (Å²) in [5.74, 6) is -8.11. The molecule has 0 spiro atoms. The molecule has 238 valence electrons. The van der Waals surface area contributed by atoms with Gasteiger partial charge in [-0.05, 0) is 32.2 Å². The van der Waals surface area contributed by atoms with Crippen molar-refractivity contribution in [3.8, 4) is 0 Å². The molecule has 5 atom stereocenters. The van der Waals surface area contributed by atoms with E-state index in [-0.39, 0.29) is 13.0 Å². The van der Waals surface area contributed by atoms with E-state index in [4.69, 9.17) is 26.8 Å². The van der Waals surface area contributed by atoms with Crippen molar-refractivity contribution in [3.05, 3.63) is 0 Å². The third-order valence-corrected chi connectivity index (χ3v) is 5.58. The fourth-order valence-electron chi connectivity index (χ4n) is 3.32. The number of carboxylic acid groups (broad SMARTS) is 2. The third-order valence-electron chi connectivity index (χ3n) is 5.58. The molecule has 0 saturated carbocycles. The number of unbranched alkanes of at least 4 members (excludes halogenated alkanes) is 1. The normalized spacial score (nSPS) is 14.2.